The second kappa shape index (κ2) is 6.82. The number of carbonyl (C=O) groups is 2. The Kier molecular flexibility index (Phi) is 4.91. The van der Waals surface area contributed by atoms with Gasteiger partial charge in [0, 0.05) is 11.5 Å². The normalized spacial score (nSPS) is 41.4. The van der Waals surface area contributed by atoms with Crippen LogP contribution in [0.25, 0.3) is 0 Å². The summed E-state index contributed by atoms with van der Waals surface area (Å²) >= 11 is 0. The number of hydrogen-bond acceptors (Lipinski definition) is 2. The van der Waals surface area contributed by atoms with Crippen LogP contribution in [0, 0.1) is 34.5 Å². The predicted molar refractivity (Wildman–Crippen MR) is 117 cm³/mol. The molecule has 0 aromatic rings. The summed E-state index contributed by atoms with van der Waals surface area (Å²) in [6, 6.07) is 0. The molecule has 2 fully saturated rings. The van der Waals surface area contributed by atoms with Crippen LogP contribution in [-0.2, 0) is 9.59 Å². The van der Waals surface area contributed by atoms with Gasteiger partial charge in [0.05, 0.1) is 0 Å². The first kappa shape index (κ1) is 20.9. The van der Waals surface area contributed by atoms with Crippen molar-refractivity contribution in [3.63, 3.8) is 0 Å². The maximum atomic E-state index is 13.1. The number of hydrogen-bond donors (Lipinski definition) is 1. The van der Waals surface area contributed by atoms with Crippen LogP contribution in [0.5, 0.6) is 0 Å². The van der Waals surface area contributed by atoms with E-state index in [4.69, 9.17) is 0 Å². The van der Waals surface area contributed by atoms with Crippen molar-refractivity contribution in [1.82, 2.24) is 5.32 Å². The molecular weight excluding hydrogens is 358 g/mol. The third-order valence-electron chi connectivity index (χ3n) is 9.04. The number of fused-ring (bicyclic) bond motifs is 5. The van der Waals surface area contributed by atoms with E-state index in [1.165, 1.54) is 18.4 Å². The molecule has 6 atom stereocenters. The van der Waals surface area contributed by atoms with Gasteiger partial charge in [-0.2, -0.15) is 0 Å². The van der Waals surface area contributed by atoms with Gasteiger partial charge < -0.3 is 5.32 Å². The summed E-state index contributed by atoms with van der Waals surface area (Å²) < 4.78 is 0. The largest absolute Gasteiger partial charge is 0.351 e. The van der Waals surface area contributed by atoms with Crippen LogP contribution < -0.4 is 5.32 Å². The van der Waals surface area contributed by atoms with Crippen LogP contribution in [0.15, 0.2) is 23.3 Å². The summed E-state index contributed by atoms with van der Waals surface area (Å²) in [6.45, 7) is 12.8. The van der Waals surface area contributed by atoms with Gasteiger partial charge in [0.2, 0.25) is 5.91 Å². The van der Waals surface area contributed by atoms with E-state index in [2.05, 4.69) is 52.1 Å². The highest BCUT2D eigenvalue weighted by Crippen LogP contribution is 2.66. The van der Waals surface area contributed by atoms with Gasteiger partial charge in [-0.3, -0.25) is 9.59 Å². The minimum atomic E-state index is -0.165. The Morgan fingerprint density at radius 1 is 1.07 bits per heavy atom. The van der Waals surface area contributed by atoms with Crippen molar-refractivity contribution in [3.05, 3.63) is 23.3 Å². The Hall–Kier alpha value is -1.38. The molecule has 160 valence electrons. The van der Waals surface area contributed by atoms with E-state index in [1.54, 1.807) is 6.92 Å². The second-order valence-corrected chi connectivity index (χ2v) is 11.8. The first-order valence-corrected chi connectivity index (χ1v) is 11.7. The molecule has 2 saturated carbocycles. The maximum Gasteiger partial charge on any atom is 0.224 e. The quantitative estimate of drug-likeness (QED) is 0.659. The van der Waals surface area contributed by atoms with Gasteiger partial charge in [0.25, 0.3) is 0 Å². The van der Waals surface area contributed by atoms with Gasteiger partial charge in [0.15, 0.2) is 5.78 Å². The monoisotopic (exact) mass is 397 g/mol. The summed E-state index contributed by atoms with van der Waals surface area (Å²) in [7, 11) is 0. The summed E-state index contributed by atoms with van der Waals surface area (Å²) in [5, 5.41) is 3.27. The zero-order valence-electron chi connectivity index (χ0n) is 19.2. The number of amides is 1. The molecule has 3 heteroatoms. The van der Waals surface area contributed by atoms with E-state index < -0.39 is 0 Å². The fraction of sp³-hybridized carbons (Fsp3) is 0.769. The molecule has 4 aliphatic rings. The van der Waals surface area contributed by atoms with Crippen LogP contribution in [0.4, 0.5) is 0 Å². The molecule has 4 aliphatic carbocycles. The molecule has 0 unspecified atom stereocenters. The summed E-state index contributed by atoms with van der Waals surface area (Å²) in [6.07, 6.45) is 12.4. The summed E-state index contributed by atoms with van der Waals surface area (Å²) in [5.41, 5.74) is 2.59. The number of ketones is 1. The minimum Gasteiger partial charge on any atom is -0.351 e. The maximum absolute atomic E-state index is 13.1. The number of Topliss-reactive ketones (excluding diaryl/α,β-unsaturated/α-hetero) is 1. The molecule has 1 amide bonds. The molecule has 0 aromatic carbocycles. The molecule has 0 aliphatic heterocycles. The van der Waals surface area contributed by atoms with Gasteiger partial charge in [-0.15, -0.1) is 0 Å². The third-order valence-corrected chi connectivity index (χ3v) is 9.04. The SMILES string of the molecule is CC(=O)C1=CC2=CC[C@H]3[C@@H]4CC[C@H](C(=O)NC(C)(C)C)[C@@]4(C)CC[C@@H]3[C@@]2(C)CC1. The molecule has 29 heavy (non-hydrogen) atoms. The molecule has 4 rings (SSSR count). The van der Waals surface area contributed by atoms with Crippen molar-refractivity contribution >= 4 is 11.7 Å². The molecule has 0 saturated heterocycles. The molecule has 0 bridgehead atoms. The first-order valence-electron chi connectivity index (χ1n) is 11.7. The lowest BCUT2D eigenvalue weighted by Crippen LogP contribution is -2.52. The predicted octanol–water partition coefficient (Wildman–Crippen LogP) is 5.61. The average molecular weight is 398 g/mol. The van der Waals surface area contributed by atoms with E-state index in [-0.39, 0.29) is 34.0 Å². The van der Waals surface area contributed by atoms with Crippen LogP contribution in [0.3, 0.4) is 0 Å². The fourth-order valence-corrected chi connectivity index (χ4v) is 7.49. The zero-order chi connectivity index (χ0) is 21.2. The van der Waals surface area contributed by atoms with Gasteiger partial charge in [-0.1, -0.05) is 26.0 Å². The lowest BCUT2D eigenvalue weighted by molar-refractivity contribution is -0.133. The van der Waals surface area contributed by atoms with Crippen molar-refractivity contribution in [2.24, 2.45) is 34.5 Å². The van der Waals surface area contributed by atoms with E-state index in [9.17, 15) is 9.59 Å². The molecule has 0 aromatic heterocycles. The Morgan fingerprint density at radius 3 is 2.45 bits per heavy atom. The smallest absolute Gasteiger partial charge is 0.224 e. The highest BCUT2D eigenvalue weighted by Gasteiger charge is 2.59. The van der Waals surface area contributed by atoms with Gasteiger partial charge >= 0.3 is 0 Å². The lowest BCUT2D eigenvalue weighted by Gasteiger charge is -2.57. The van der Waals surface area contributed by atoms with Crippen molar-refractivity contribution in [3.8, 4) is 0 Å². The van der Waals surface area contributed by atoms with E-state index in [0.717, 1.165) is 37.7 Å². The topological polar surface area (TPSA) is 46.2 Å². The van der Waals surface area contributed by atoms with Gasteiger partial charge in [-0.25, -0.2) is 0 Å². The van der Waals surface area contributed by atoms with E-state index in [0.29, 0.717) is 17.8 Å². The van der Waals surface area contributed by atoms with Gasteiger partial charge in [-0.05, 0) is 112 Å². The fourth-order valence-electron chi connectivity index (χ4n) is 7.49. The number of rotatable bonds is 2. The molecular formula is C26H39NO2. The highest BCUT2D eigenvalue weighted by molar-refractivity contribution is 5.94. The molecule has 0 radical (unpaired) electrons. The standard InChI is InChI=1S/C26H39NO2/c1-16(28)17-11-13-25(5)18(15-17)7-8-19-20-9-10-22(23(29)27-24(2,3)4)26(20,6)14-12-21(19)25/h7,15,19-22H,8-14H2,1-6H3,(H,27,29)/t19-,20-,21-,22+,25-,26-/m0/s1. The molecule has 0 spiro atoms. The minimum absolute atomic E-state index is 0.132. The van der Waals surface area contributed by atoms with Crippen molar-refractivity contribution in [2.45, 2.75) is 92.0 Å². The Bertz CT molecular complexity index is 785. The Balaban J connectivity index is 1.60. The Labute approximate surface area is 176 Å². The van der Waals surface area contributed by atoms with Crippen molar-refractivity contribution in [1.29, 1.82) is 0 Å². The zero-order valence-corrected chi connectivity index (χ0v) is 19.2. The van der Waals surface area contributed by atoms with Crippen LogP contribution in [0.2, 0.25) is 0 Å². The number of carbonyl (C=O) groups excluding carboxylic acids is 2. The second-order valence-electron chi connectivity index (χ2n) is 11.8. The summed E-state index contributed by atoms with van der Waals surface area (Å²) in [4.78, 5) is 25.0. The molecule has 0 heterocycles. The highest BCUT2D eigenvalue weighted by atomic mass is 16.2. The van der Waals surface area contributed by atoms with Crippen LogP contribution in [0.1, 0.15) is 86.5 Å². The third kappa shape index (κ3) is 3.33. The van der Waals surface area contributed by atoms with Crippen molar-refractivity contribution in [2.75, 3.05) is 0 Å². The van der Waals surface area contributed by atoms with Crippen LogP contribution >= 0.6 is 0 Å². The molecule has 3 nitrogen and oxygen atoms in total. The van der Waals surface area contributed by atoms with Crippen molar-refractivity contribution < 1.29 is 9.59 Å². The Morgan fingerprint density at radius 2 is 1.79 bits per heavy atom. The van der Waals surface area contributed by atoms with E-state index >= 15 is 0 Å². The molecule has 1 N–H and O–H groups in total. The lowest BCUT2D eigenvalue weighted by atomic mass is 9.48. The first-order chi connectivity index (χ1) is 13.5. The van der Waals surface area contributed by atoms with E-state index in [1.807, 2.05) is 0 Å². The number of allylic oxidation sites excluding steroid dienone is 4. The van der Waals surface area contributed by atoms with Gasteiger partial charge in [0.1, 0.15) is 0 Å². The average Bonchev–Trinajstić information content (AvgIpc) is 2.96. The summed E-state index contributed by atoms with van der Waals surface area (Å²) in [5.74, 6) is 2.67. The number of nitrogens with one attached hydrogen (secondary N) is 1. The van der Waals surface area contributed by atoms with Crippen LogP contribution in [-0.4, -0.2) is 17.2 Å².